The Bertz CT molecular complexity index is 731. The van der Waals surface area contributed by atoms with Gasteiger partial charge in [-0.2, -0.15) is 0 Å². The number of hydrogen-bond acceptors (Lipinski definition) is 2. The lowest BCUT2D eigenvalue weighted by molar-refractivity contribution is 0.0696. The van der Waals surface area contributed by atoms with Crippen molar-refractivity contribution in [2.45, 2.75) is 6.92 Å². The van der Waals surface area contributed by atoms with Crippen molar-refractivity contribution in [1.82, 2.24) is 0 Å². The second kappa shape index (κ2) is 6.28. The summed E-state index contributed by atoms with van der Waals surface area (Å²) in [4.78, 5) is 23.1. The normalized spacial score (nSPS) is 10.2. The molecule has 1 amide bonds. The van der Waals surface area contributed by atoms with Crippen LogP contribution in [0.2, 0.25) is 5.02 Å². The van der Waals surface area contributed by atoms with Gasteiger partial charge in [0.05, 0.1) is 21.8 Å². The summed E-state index contributed by atoms with van der Waals surface area (Å²) >= 11 is 9.36. The van der Waals surface area contributed by atoms with Gasteiger partial charge in [0.25, 0.3) is 5.91 Å². The first-order valence-electron chi connectivity index (χ1n) is 5.99. The van der Waals surface area contributed by atoms with Crippen LogP contribution in [0.15, 0.2) is 40.9 Å². The highest BCUT2D eigenvalue weighted by Crippen LogP contribution is 2.26. The fourth-order valence-corrected chi connectivity index (χ4v) is 2.43. The van der Waals surface area contributed by atoms with Crippen LogP contribution >= 0.6 is 27.5 Å². The van der Waals surface area contributed by atoms with Gasteiger partial charge in [-0.25, -0.2) is 4.79 Å². The first-order chi connectivity index (χ1) is 9.90. The predicted molar refractivity (Wildman–Crippen MR) is 85.2 cm³/mol. The first kappa shape index (κ1) is 15.5. The van der Waals surface area contributed by atoms with E-state index in [1.54, 1.807) is 12.1 Å². The van der Waals surface area contributed by atoms with Gasteiger partial charge in [0.1, 0.15) is 0 Å². The molecule has 2 aromatic carbocycles. The molecule has 0 saturated carbocycles. The molecule has 0 aromatic heterocycles. The lowest BCUT2D eigenvalue weighted by Crippen LogP contribution is -2.13. The summed E-state index contributed by atoms with van der Waals surface area (Å²) < 4.78 is 0.709. The number of halogens is 2. The lowest BCUT2D eigenvalue weighted by atomic mass is 10.1. The molecule has 2 N–H and O–H groups in total. The molecule has 0 heterocycles. The van der Waals surface area contributed by atoms with Crippen molar-refractivity contribution in [1.29, 1.82) is 0 Å². The van der Waals surface area contributed by atoms with Crippen molar-refractivity contribution in [2.75, 3.05) is 5.32 Å². The molecule has 21 heavy (non-hydrogen) atoms. The third-order valence-electron chi connectivity index (χ3n) is 2.90. The van der Waals surface area contributed by atoms with Crippen molar-refractivity contribution in [3.63, 3.8) is 0 Å². The summed E-state index contributed by atoms with van der Waals surface area (Å²) in [6.07, 6.45) is 0. The number of aryl methyl sites for hydroxylation is 1. The molecular formula is C15H11BrClNO3. The lowest BCUT2D eigenvalue weighted by Gasteiger charge is -2.10. The molecule has 0 spiro atoms. The largest absolute Gasteiger partial charge is 0.478 e. The van der Waals surface area contributed by atoms with Gasteiger partial charge in [0, 0.05) is 4.47 Å². The van der Waals surface area contributed by atoms with Gasteiger partial charge >= 0.3 is 5.97 Å². The van der Waals surface area contributed by atoms with Gasteiger partial charge < -0.3 is 10.4 Å². The van der Waals surface area contributed by atoms with Gasteiger partial charge in [-0.05, 0) is 52.7 Å². The van der Waals surface area contributed by atoms with Crippen LogP contribution in [-0.2, 0) is 0 Å². The second-order valence-electron chi connectivity index (χ2n) is 4.39. The van der Waals surface area contributed by atoms with Crippen molar-refractivity contribution in [2.24, 2.45) is 0 Å². The van der Waals surface area contributed by atoms with E-state index in [0.717, 1.165) is 5.56 Å². The van der Waals surface area contributed by atoms with Crippen LogP contribution in [0.3, 0.4) is 0 Å². The molecule has 0 radical (unpaired) electrons. The number of benzene rings is 2. The molecule has 0 fully saturated rings. The number of amides is 1. The molecule has 0 aliphatic heterocycles. The smallest absolute Gasteiger partial charge is 0.335 e. The van der Waals surface area contributed by atoms with Gasteiger partial charge in [-0.1, -0.05) is 23.7 Å². The van der Waals surface area contributed by atoms with E-state index in [0.29, 0.717) is 15.7 Å². The Balaban J connectivity index is 2.28. The minimum Gasteiger partial charge on any atom is -0.478 e. The van der Waals surface area contributed by atoms with Crippen molar-refractivity contribution < 1.29 is 14.7 Å². The monoisotopic (exact) mass is 367 g/mol. The molecule has 2 aromatic rings. The summed E-state index contributed by atoms with van der Waals surface area (Å²) in [5, 5.41) is 11.7. The number of carboxylic acid groups (broad SMARTS) is 1. The molecule has 2 rings (SSSR count). The van der Waals surface area contributed by atoms with Gasteiger partial charge in [0.15, 0.2) is 0 Å². The number of aromatic carboxylic acids is 1. The SMILES string of the molecule is Cc1cccc(C(=O)Nc2ccc(C(=O)O)cc2Cl)c1Br. The van der Waals surface area contributed by atoms with Crippen LogP contribution in [0.4, 0.5) is 5.69 Å². The molecule has 0 bridgehead atoms. The molecule has 0 atom stereocenters. The molecular weight excluding hydrogens is 358 g/mol. The molecule has 0 aliphatic rings. The van der Waals surface area contributed by atoms with Crippen LogP contribution in [0.5, 0.6) is 0 Å². The van der Waals surface area contributed by atoms with E-state index >= 15 is 0 Å². The third-order valence-corrected chi connectivity index (χ3v) is 4.27. The standard InChI is InChI=1S/C15H11BrClNO3/c1-8-3-2-4-10(13(8)16)14(19)18-12-6-5-9(15(20)21)7-11(12)17/h2-7H,1H3,(H,18,19)(H,20,21). The van der Waals surface area contributed by atoms with Gasteiger partial charge in [0.2, 0.25) is 0 Å². The molecule has 0 unspecified atom stereocenters. The van der Waals surface area contributed by atoms with E-state index in [9.17, 15) is 9.59 Å². The molecule has 0 saturated heterocycles. The minimum absolute atomic E-state index is 0.0646. The van der Waals surface area contributed by atoms with Crippen LogP contribution in [0.25, 0.3) is 0 Å². The summed E-state index contributed by atoms with van der Waals surface area (Å²) in [5.74, 6) is -1.40. The van der Waals surface area contributed by atoms with E-state index in [1.807, 2.05) is 13.0 Å². The van der Waals surface area contributed by atoms with E-state index < -0.39 is 5.97 Å². The van der Waals surface area contributed by atoms with Crippen LogP contribution < -0.4 is 5.32 Å². The average molecular weight is 369 g/mol. The maximum absolute atomic E-state index is 12.2. The maximum atomic E-state index is 12.2. The molecule has 108 valence electrons. The number of carbonyl (C=O) groups excluding carboxylic acids is 1. The Morgan fingerprint density at radius 3 is 2.57 bits per heavy atom. The number of nitrogens with one attached hydrogen (secondary N) is 1. The first-order valence-corrected chi connectivity index (χ1v) is 7.16. The zero-order valence-corrected chi connectivity index (χ0v) is 13.3. The highest BCUT2D eigenvalue weighted by Gasteiger charge is 2.14. The number of rotatable bonds is 3. The number of carbonyl (C=O) groups is 2. The van der Waals surface area contributed by atoms with Crippen LogP contribution in [0.1, 0.15) is 26.3 Å². The van der Waals surface area contributed by atoms with Crippen molar-refractivity contribution in [3.05, 3.63) is 62.6 Å². The van der Waals surface area contributed by atoms with E-state index in [4.69, 9.17) is 16.7 Å². The highest BCUT2D eigenvalue weighted by atomic mass is 79.9. The minimum atomic E-state index is -1.07. The Morgan fingerprint density at radius 1 is 1.24 bits per heavy atom. The van der Waals surface area contributed by atoms with E-state index in [1.165, 1.54) is 18.2 Å². The molecule has 6 heteroatoms. The Morgan fingerprint density at radius 2 is 1.95 bits per heavy atom. The Labute approximate surface area is 134 Å². The third kappa shape index (κ3) is 3.43. The predicted octanol–water partition coefficient (Wildman–Crippen LogP) is 4.36. The fourth-order valence-electron chi connectivity index (χ4n) is 1.76. The Kier molecular flexibility index (Phi) is 4.65. The zero-order valence-electron chi connectivity index (χ0n) is 11.0. The van der Waals surface area contributed by atoms with Gasteiger partial charge in [-0.15, -0.1) is 0 Å². The fraction of sp³-hybridized carbons (Fsp3) is 0.0667. The Hall–Kier alpha value is -1.85. The second-order valence-corrected chi connectivity index (χ2v) is 5.59. The number of hydrogen-bond donors (Lipinski definition) is 2. The topological polar surface area (TPSA) is 66.4 Å². The van der Waals surface area contributed by atoms with E-state index in [2.05, 4.69) is 21.2 Å². The average Bonchev–Trinajstić information content (AvgIpc) is 2.43. The van der Waals surface area contributed by atoms with Crippen molar-refractivity contribution >= 4 is 45.1 Å². The summed E-state index contributed by atoms with van der Waals surface area (Å²) in [6.45, 7) is 1.88. The quantitative estimate of drug-likeness (QED) is 0.846. The summed E-state index contributed by atoms with van der Waals surface area (Å²) in [5.41, 5.74) is 1.85. The highest BCUT2D eigenvalue weighted by molar-refractivity contribution is 9.10. The summed E-state index contributed by atoms with van der Waals surface area (Å²) in [7, 11) is 0. The van der Waals surface area contributed by atoms with Crippen LogP contribution in [-0.4, -0.2) is 17.0 Å². The van der Waals surface area contributed by atoms with Crippen molar-refractivity contribution in [3.8, 4) is 0 Å². The van der Waals surface area contributed by atoms with E-state index in [-0.39, 0.29) is 16.5 Å². The van der Waals surface area contributed by atoms with Crippen LogP contribution in [0, 0.1) is 6.92 Å². The zero-order chi connectivity index (χ0) is 15.6. The molecule has 0 aliphatic carbocycles. The molecule has 4 nitrogen and oxygen atoms in total. The number of anilines is 1. The van der Waals surface area contributed by atoms with Gasteiger partial charge in [-0.3, -0.25) is 4.79 Å². The summed E-state index contributed by atoms with van der Waals surface area (Å²) in [6, 6.07) is 9.50. The number of carboxylic acids is 1. The maximum Gasteiger partial charge on any atom is 0.335 e.